The van der Waals surface area contributed by atoms with E-state index >= 15 is 0 Å². The van der Waals surface area contributed by atoms with E-state index in [2.05, 4.69) is 39.5 Å². The zero-order valence-corrected chi connectivity index (χ0v) is 14.9. The minimum Gasteiger partial charge on any atom is -0.366 e. The van der Waals surface area contributed by atoms with Crippen molar-refractivity contribution in [2.45, 2.75) is 12.8 Å². The molecule has 1 atom stereocenters. The van der Waals surface area contributed by atoms with Crippen LogP contribution in [0.5, 0.6) is 0 Å². The molecular weight excluding hydrogens is 348 g/mol. The maximum Gasteiger partial charge on any atom is 0.228 e. The van der Waals surface area contributed by atoms with Gasteiger partial charge in [-0.25, -0.2) is 9.97 Å². The monoisotopic (exact) mass is 364 g/mol. The molecule has 1 unspecified atom stereocenters. The lowest BCUT2D eigenvalue weighted by molar-refractivity contribution is 0.459. The van der Waals surface area contributed by atoms with Gasteiger partial charge in [0.15, 0.2) is 5.82 Å². The molecule has 0 aliphatic carbocycles. The fraction of sp³-hybridized carbons (Fsp3) is 0.150. The van der Waals surface area contributed by atoms with Crippen molar-refractivity contribution in [1.82, 2.24) is 15.1 Å². The van der Waals surface area contributed by atoms with Crippen LogP contribution in [0.4, 0.5) is 5.82 Å². The molecule has 0 bridgehead atoms. The van der Waals surface area contributed by atoms with Crippen molar-refractivity contribution in [2.75, 3.05) is 11.9 Å². The minimum atomic E-state index is 0.333. The van der Waals surface area contributed by atoms with Crippen LogP contribution in [-0.4, -0.2) is 21.7 Å². The molecule has 0 saturated heterocycles. The predicted molar refractivity (Wildman–Crippen MR) is 103 cm³/mol. The highest BCUT2D eigenvalue weighted by Crippen LogP contribution is 2.30. The molecule has 0 fully saturated rings. The molecule has 5 nitrogen and oxygen atoms in total. The Morgan fingerprint density at radius 2 is 1.81 bits per heavy atom. The Balaban J connectivity index is 1.60. The van der Waals surface area contributed by atoms with Gasteiger partial charge >= 0.3 is 0 Å². The number of anilines is 1. The molecule has 4 aromatic rings. The number of nitrogens with one attached hydrogen (secondary N) is 1. The number of rotatable bonds is 5. The molecule has 4 rings (SSSR count). The average Bonchev–Trinajstić information content (AvgIpc) is 3.12. The van der Waals surface area contributed by atoms with Crippen LogP contribution in [0, 0.1) is 0 Å². The number of halogens is 1. The van der Waals surface area contributed by atoms with E-state index in [4.69, 9.17) is 16.1 Å². The summed E-state index contributed by atoms with van der Waals surface area (Å²) in [5.74, 6) is 0.977. The Labute approximate surface area is 156 Å². The summed E-state index contributed by atoms with van der Waals surface area (Å²) in [4.78, 5) is 8.66. The molecule has 0 radical (unpaired) electrons. The second-order valence-electron chi connectivity index (χ2n) is 6.13. The van der Waals surface area contributed by atoms with Crippen molar-refractivity contribution >= 4 is 28.5 Å². The summed E-state index contributed by atoms with van der Waals surface area (Å²) >= 11 is 5.96. The molecule has 0 aliphatic rings. The molecular formula is C20H17ClN4O. The molecule has 1 N–H and O–H groups in total. The largest absolute Gasteiger partial charge is 0.366 e. The van der Waals surface area contributed by atoms with E-state index < -0.39 is 0 Å². The number of nitrogens with zero attached hydrogens (tertiary/aromatic N) is 3. The molecule has 0 amide bonds. The summed E-state index contributed by atoms with van der Waals surface area (Å²) in [7, 11) is 0. The normalized spacial score (nSPS) is 12.2. The van der Waals surface area contributed by atoms with Crippen molar-refractivity contribution < 1.29 is 4.52 Å². The van der Waals surface area contributed by atoms with Crippen molar-refractivity contribution in [3.8, 4) is 11.3 Å². The summed E-state index contributed by atoms with van der Waals surface area (Å²) in [6, 6.07) is 17.8. The van der Waals surface area contributed by atoms with E-state index in [0.717, 1.165) is 12.1 Å². The molecule has 0 aliphatic heterocycles. The first-order chi connectivity index (χ1) is 12.7. The third kappa shape index (κ3) is 3.26. The van der Waals surface area contributed by atoms with Crippen molar-refractivity contribution in [3.05, 3.63) is 71.5 Å². The van der Waals surface area contributed by atoms with E-state index in [-0.39, 0.29) is 0 Å². The number of benzene rings is 2. The summed E-state index contributed by atoms with van der Waals surface area (Å²) in [6.45, 7) is 2.90. The SMILES string of the molecule is CC(CNc1ncnc2c(-c3ccc(Cl)cc3)noc12)c1ccccc1. The summed E-state index contributed by atoms with van der Waals surface area (Å²) in [6.07, 6.45) is 1.52. The van der Waals surface area contributed by atoms with Gasteiger partial charge in [-0.1, -0.05) is 66.1 Å². The lowest BCUT2D eigenvalue weighted by atomic mass is 10.0. The van der Waals surface area contributed by atoms with E-state index in [0.29, 0.717) is 33.6 Å². The van der Waals surface area contributed by atoms with Crippen molar-refractivity contribution in [1.29, 1.82) is 0 Å². The first-order valence-electron chi connectivity index (χ1n) is 8.37. The predicted octanol–water partition coefficient (Wildman–Crippen LogP) is 5.15. The topological polar surface area (TPSA) is 63.8 Å². The van der Waals surface area contributed by atoms with Crippen LogP contribution in [0.1, 0.15) is 18.4 Å². The Bertz CT molecular complexity index is 1020. The van der Waals surface area contributed by atoms with Gasteiger partial charge < -0.3 is 9.84 Å². The van der Waals surface area contributed by atoms with Gasteiger partial charge in [0.05, 0.1) is 0 Å². The molecule has 2 aromatic carbocycles. The lowest BCUT2D eigenvalue weighted by Crippen LogP contribution is -2.11. The van der Waals surface area contributed by atoms with Crippen LogP contribution in [0.15, 0.2) is 65.4 Å². The summed E-state index contributed by atoms with van der Waals surface area (Å²) in [5, 5.41) is 8.21. The minimum absolute atomic E-state index is 0.333. The zero-order chi connectivity index (χ0) is 17.9. The first kappa shape index (κ1) is 16.5. The zero-order valence-electron chi connectivity index (χ0n) is 14.2. The average molecular weight is 365 g/mol. The molecule has 130 valence electrons. The molecule has 0 spiro atoms. The fourth-order valence-electron chi connectivity index (χ4n) is 2.84. The summed E-state index contributed by atoms with van der Waals surface area (Å²) < 4.78 is 5.53. The van der Waals surface area contributed by atoms with Crippen LogP contribution in [-0.2, 0) is 0 Å². The van der Waals surface area contributed by atoms with Crippen molar-refractivity contribution in [3.63, 3.8) is 0 Å². The standard InChI is InChI=1S/C20H17ClN4O/c1-13(14-5-3-2-4-6-14)11-22-20-19-18(23-12-24-20)17(25-26-19)15-7-9-16(21)10-8-15/h2-10,12-13H,11H2,1H3,(H,22,23,24). The van der Waals surface area contributed by atoms with Gasteiger partial charge in [-0.2, -0.15) is 0 Å². The van der Waals surface area contributed by atoms with Crippen LogP contribution >= 0.6 is 11.6 Å². The van der Waals surface area contributed by atoms with Crippen LogP contribution in [0.25, 0.3) is 22.4 Å². The van der Waals surface area contributed by atoms with E-state index in [1.807, 2.05) is 42.5 Å². The van der Waals surface area contributed by atoms with Gasteiger partial charge in [0.2, 0.25) is 5.58 Å². The highest BCUT2D eigenvalue weighted by molar-refractivity contribution is 6.30. The molecule has 6 heteroatoms. The van der Waals surface area contributed by atoms with Gasteiger partial charge in [-0.3, -0.25) is 0 Å². The van der Waals surface area contributed by atoms with Crippen molar-refractivity contribution in [2.24, 2.45) is 0 Å². The van der Waals surface area contributed by atoms with Gasteiger partial charge in [-0.05, 0) is 23.6 Å². The van der Waals surface area contributed by atoms with E-state index in [1.54, 1.807) is 0 Å². The number of hydrogen-bond acceptors (Lipinski definition) is 5. The quantitative estimate of drug-likeness (QED) is 0.530. The van der Waals surface area contributed by atoms with Gasteiger partial charge in [-0.15, -0.1) is 0 Å². The van der Waals surface area contributed by atoms with Gasteiger partial charge in [0.25, 0.3) is 0 Å². The van der Waals surface area contributed by atoms with Gasteiger partial charge in [0, 0.05) is 17.1 Å². The summed E-state index contributed by atoms with van der Waals surface area (Å²) in [5.41, 5.74) is 4.08. The third-order valence-corrected chi connectivity index (χ3v) is 4.57. The maximum atomic E-state index is 5.96. The van der Waals surface area contributed by atoms with E-state index in [9.17, 15) is 0 Å². The fourth-order valence-corrected chi connectivity index (χ4v) is 2.96. The Kier molecular flexibility index (Phi) is 4.54. The molecule has 2 aromatic heterocycles. The number of fused-ring (bicyclic) bond motifs is 1. The maximum absolute atomic E-state index is 5.96. The number of aromatic nitrogens is 3. The van der Waals surface area contributed by atoms with Crippen LogP contribution < -0.4 is 5.32 Å². The molecule has 2 heterocycles. The molecule has 26 heavy (non-hydrogen) atoms. The smallest absolute Gasteiger partial charge is 0.228 e. The Morgan fingerprint density at radius 3 is 2.58 bits per heavy atom. The van der Waals surface area contributed by atoms with Crippen LogP contribution in [0.3, 0.4) is 0 Å². The highest BCUT2D eigenvalue weighted by Gasteiger charge is 2.16. The Morgan fingerprint density at radius 1 is 1.04 bits per heavy atom. The van der Waals surface area contributed by atoms with E-state index in [1.165, 1.54) is 11.9 Å². The highest BCUT2D eigenvalue weighted by atomic mass is 35.5. The van der Waals surface area contributed by atoms with Crippen LogP contribution in [0.2, 0.25) is 5.02 Å². The second kappa shape index (κ2) is 7.14. The second-order valence-corrected chi connectivity index (χ2v) is 6.57. The molecule has 0 saturated carbocycles. The third-order valence-electron chi connectivity index (χ3n) is 4.32. The lowest BCUT2D eigenvalue weighted by Gasteiger charge is -2.13. The number of hydrogen-bond donors (Lipinski definition) is 1. The van der Waals surface area contributed by atoms with Gasteiger partial charge in [0.1, 0.15) is 17.5 Å². The Hall–Kier alpha value is -2.92. The first-order valence-corrected chi connectivity index (χ1v) is 8.75.